The number of nitrogens with one attached hydrogen (secondary N) is 2. The van der Waals surface area contributed by atoms with Crippen molar-refractivity contribution < 1.29 is 19.8 Å². The van der Waals surface area contributed by atoms with Crippen LogP contribution >= 0.6 is 0 Å². The van der Waals surface area contributed by atoms with Gasteiger partial charge in [0.15, 0.2) is 5.60 Å². The number of carbonyl (C=O) groups is 2. The Morgan fingerprint density at radius 2 is 1.89 bits per heavy atom. The molecule has 0 aliphatic carbocycles. The Hall–Kier alpha value is -4.64. The molecule has 2 unspecified atom stereocenters. The van der Waals surface area contributed by atoms with Crippen molar-refractivity contribution in [1.82, 2.24) is 20.3 Å². The van der Waals surface area contributed by atoms with Gasteiger partial charge in [0.1, 0.15) is 0 Å². The number of allylic oxidation sites excluding steroid dienone is 1. The maximum Gasteiger partial charge on any atom is 0.268 e. The van der Waals surface area contributed by atoms with Gasteiger partial charge in [-0.05, 0) is 61.7 Å². The third kappa shape index (κ3) is 6.24. The predicted octanol–water partition coefficient (Wildman–Crippen LogP) is 4.49. The van der Waals surface area contributed by atoms with E-state index < -0.39 is 17.4 Å². The van der Waals surface area contributed by atoms with Crippen LogP contribution in [0, 0.1) is 11.8 Å². The van der Waals surface area contributed by atoms with Crippen LogP contribution in [0.3, 0.4) is 0 Å². The average Bonchev–Trinajstić information content (AvgIpc) is 3.65. The van der Waals surface area contributed by atoms with Gasteiger partial charge in [-0.25, -0.2) is 0 Å². The lowest BCUT2D eigenvalue weighted by atomic mass is 9.82. The van der Waals surface area contributed by atoms with E-state index in [1.807, 2.05) is 85.9 Å². The average molecular weight is 621 g/mol. The largest absolute Gasteiger partial charge is 0.395 e. The number of aliphatic hydroxyl groups is 2. The second-order valence-corrected chi connectivity index (χ2v) is 12.1. The molecule has 3 aromatic carbocycles. The Morgan fingerprint density at radius 3 is 2.61 bits per heavy atom. The van der Waals surface area contributed by atoms with Crippen LogP contribution in [0.25, 0.3) is 0 Å². The number of amides is 2. The minimum atomic E-state index is -1.85. The first-order valence-electron chi connectivity index (χ1n) is 15.9. The minimum Gasteiger partial charge on any atom is -0.395 e. The highest BCUT2D eigenvalue weighted by Crippen LogP contribution is 2.49. The SMILES string of the molecule is C[C@@H](/C=C/CCn1cc(C(CO)c2ccccc2)nn1)[C@]1(O)C(=O)N(c2ccccc2)c2ccc(NC(=O)C3CCCNC3)cc21. The molecule has 2 amide bonds. The van der Waals surface area contributed by atoms with Crippen molar-refractivity contribution in [3.8, 4) is 0 Å². The molecule has 6 rings (SSSR count). The molecule has 1 aromatic heterocycles. The summed E-state index contributed by atoms with van der Waals surface area (Å²) in [7, 11) is 0. The van der Waals surface area contributed by atoms with Crippen molar-refractivity contribution >= 4 is 28.9 Å². The summed E-state index contributed by atoms with van der Waals surface area (Å²) in [5.74, 6) is -1.47. The zero-order chi connectivity index (χ0) is 32.1. The number of nitrogens with zero attached hydrogens (tertiary/aromatic N) is 4. The number of piperidine rings is 1. The summed E-state index contributed by atoms with van der Waals surface area (Å²) in [4.78, 5) is 28.6. The molecule has 2 aliphatic heterocycles. The van der Waals surface area contributed by atoms with Gasteiger partial charge in [0.2, 0.25) is 5.91 Å². The monoisotopic (exact) mass is 620 g/mol. The van der Waals surface area contributed by atoms with Gasteiger partial charge in [-0.2, -0.15) is 0 Å². The quantitative estimate of drug-likeness (QED) is 0.182. The number of aromatic nitrogens is 3. The maximum atomic E-state index is 14.1. The third-order valence-electron chi connectivity index (χ3n) is 9.03. The van der Waals surface area contributed by atoms with Gasteiger partial charge >= 0.3 is 0 Å². The maximum absolute atomic E-state index is 14.1. The Labute approximate surface area is 268 Å². The summed E-state index contributed by atoms with van der Waals surface area (Å²) < 4.78 is 1.73. The zero-order valence-electron chi connectivity index (χ0n) is 25.9. The highest BCUT2D eigenvalue weighted by Gasteiger charge is 2.53. The first-order chi connectivity index (χ1) is 22.4. The lowest BCUT2D eigenvalue weighted by Crippen LogP contribution is -2.42. The highest BCUT2D eigenvalue weighted by atomic mass is 16.3. The molecule has 4 atom stereocenters. The first-order valence-corrected chi connectivity index (χ1v) is 15.9. The summed E-state index contributed by atoms with van der Waals surface area (Å²) in [5, 5.41) is 37.0. The van der Waals surface area contributed by atoms with Gasteiger partial charge < -0.3 is 20.8 Å². The van der Waals surface area contributed by atoms with Crippen molar-refractivity contribution in [2.45, 2.75) is 44.2 Å². The number of aryl methyl sites for hydroxylation is 1. The fourth-order valence-electron chi connectivity index (χ4n) is 6.39. The van der Waals surface area contributed by atoms with Crippen molar-refractivity contribution in [3.05, 3.63) is 114 Å². The lowest BCUT2D eigenvalue weighted by molar-refractivity contribution is -0.138. The highest BCUT2D eigenvalue weighted by molar-refractivity contribution is 6.12. The molecule has 3 heterocycles. The van der Waals surface area contributed by atoms with Gasteiger partial charge in [0, 0.05) is 42.1 Å². The van der Waals surface area contributed by atoms with E-state index in [1.54, 1.807) is 27.8 Å². The van der Waals surface area contributed by atoms with E-state index in [4.69, 9.17) is 0 Å². The van der Waals surface area contributed by atoms with Crippen LogP contribution in [-0.4, -0.2) is 56.7 Å². The molecule has 238 valence electrons. The van der Waals surface area contributed by atoms with Crippen molar-refractivity contribution in [1.29, 1.82) is 0 Å². The van der Waals surface area contributed by atoms with E-state index in [1.165, 1.54) is 0 Å². The molecule has 4 aromatic rings. The molecule has 1 saturated heterocycles. The van der Waals surface area contributed by atoms with E-state index in [0.717, 1.165) is 24.9 Å². The Bertz CT molecular complexity index is 1690. The number of aliphatic hydroxyl groups excluding tert-OH is 1. The van der Waals surface area contributed by atoms with E-state index in [-0.39, 0.29) is 24.3 Å². The smallest absolute Gasteiger partial charge is 0.268 e. The fraction of sp³-hybridized carbons (Fsp3) is 0.333. The summed E-state index contributed by atoms with van der Waals surface area (Å²) in [6.07, 6.45) is 7.99. The van der Waals surface area contributed by atoms with Crippen LogP contribution < -0.4 is 15.5 Å². The van der Waals surface area contributed by atoms with E-state index >= 15 is 0 Å². The number of benzene rings is 3. The molecule has 10 nitrogen and oxygen atoms in total. The van der Waals surface area contributed by atoms with Crippen LogP contribution in [0.15, 0.2) is 97.2 Å². The van der Waals surface area contributed by atoms with Gasteiger partial charge in [-0.3, -0.25) is 19.2 Å². The number of anilines is 3. The molecule has 2 aliphatic rings. The van der Waals surface area contributed by atoms with Gasteiger partial charge in [0.05, 0.1) is 29.8 Å². The normalized spacial score (nSPS) is 20.9. The molecular formula is C36H40N6O4. The second kappa shape index (κ2) is 13.8. The summed E-state index contributed by atoms with van der Waals surface area (Å²) in [6.45, 7) is 3.83. The molecule has 46 heavy (non-hydrogen) atoms. The van der Waals surface area contributed by atoms with Crippen molar-refractivity contribution in [2.24, 2.45) is 11.8 Å². The van der Waals surface area contributed by atoms with Crippen LogP contribution in [0.5, 0.6) is 0 Å². The van der Waals surface area contributed by atoms with E-state index in [0.29, 0.717) is 47.8 Å². The molecular weight excluding hydrogens is 580 g/mol. The topological polar surface area (TPSA) is 133 Å². The summed E-state index contributed by atoms with van der Waals surface area (Å²) >= 11 is 0. The molecule has 0 spiro atoms. The Kier molecular flexibility index (Phi) is 9.39. The first kappa shape index (κ1) is 31.3. The molecule has 4 N–H and O–H groups in total. The van der Waals surface area contributed by atoms with Crippen LogP contribution in [0.2, 0.25) is 0 Å². The number of para-hydroxylation sites is 1. The van der Waals surface area contributed by atoms with E-state index in [9.17, 15) is 19.8 Å². The predicted molar refractivity (Wildman–Crippen MR) is 176 cm³/mol. The summed E-state index contributed by atoms with van der Waals surface area (Å²) in [6, 6.07) is 24.3. The van der Waals surface area contributed by atoms with Crippen LogP contribution in [0.1, 0.15) is 48.9 Å². The number of carbonyl (C=O) groups excluding carboxylic acids is 2. The molecule has 1 fully saturated rings. The standard InChI is InChI=1S/C36H40N6O4/c1-25(11-8-9-20-41-23-32(39-40-41)30(24-43)26-12-4-2-5-13-26)36(46)31-21-28(38-34(44)27-14-10-19-37-22-27)17-18-33(31)42(35(36)45)29-15-6-3-7-16-29/h2-8,11-13,15-18,21,23,25,27,30,37,43,46H,9-10,14,19-20,22,24H2,1H3,(H,38,44)/b11-8+/t25-,27?,30?,36+/m0/s1. The number of hydrogen-bond acceptors (Lipinski definition) is 7. The Balaban J connectivity index is 1.20. The zero-order valence-corrected chi connectivity index (χ0v) is 25.9. The van der Waals surface area contributed by atoms with Crippen molar-refractivity contribution in [2.75, 3.05) is 29.9 Å². The van der Waals surface area contributed by atoms with Crippen LogP contribution in [-0.2, 0) is 21.7 Å². The number of fused-ring (bicyclic) bond motifs is 1. The lowest BCUT2D eigenvalue weighted by Gasteiger charge is -2.28. The molecule has 10 heteroatoms. The number of rotatable bonds is 11. The van der Waals surface area contributed by atoms with Gasteiger partial charge in [-0.15, -0.1) is 5.10 Å². The number of hydrogen-bond donors (Lipinski definition) is 4. The van der Waals surface area contributed by atoms with Gasteiger partial charge in [0.25, 0.3) is 5.91 Å². The molecule has 0 saturated carbocycles. The molecule has 0 radical (unpaired) electrons. The van der Waals surface area contributed by atoms with Gasteiger partial charge in [-0.1, -0.05) is 72.8 Å². The fourth-order valence-corrected chi connectivity index (χ4v) is 6.39. The minimum absolute atomic E-state index is 0.0711. The van der Waals surface area contributed by atoms with E-state index in [2.05, 4.69) is 20.9 Å². The van der Waals surface area contributed by atoms with Crippen LogP contribution in [0.4, 0.5) is 17.1 Å². The van der Waals surface area contributed by atoms with Crippen molar-refractivity contribution in [3.63, 3.8) is 0 Å². The second-order valence-electron chi connectivity index (χ2n) is 12.1. The third-order valence-corrected chi connectivity index (χ3v) is 9.03. The summed E-state index contributed by atoms with van der Waals surface area (Å²) in [5.41, 5.74) is 2.06. The Morgan fingerprint density at radius 1 is 1.13 bits per heavy atom. The molecule has 0 bridgehead atoms.